The van der Waals surface area contributed by atoms with Crippen molar-refractivity contribution in [3.8, 4) is 0 Å². The zero-order chi connectivity index (χ0) is 13.4. The Balaban J connectivity index is 2.14. The van der Waals surface area contributed by atoms with Crippen LogP contribution in [0.2, 0.25) is 0 Å². The lowest BCUT2D eigenvalue weighted by Gasteiger charge is -2.21. The molecule has 2 heterocycles. The highest BCUT2D eigenvalue weighted by molar-refractivity contribution is 5.95. The van der Waals surface area contributed by atoms with Crippen molar-refractivity contribution >= 4 is 5.91 Å². The molecule has 0 radical (unpaired) electrons. The molecule has 1 fully saturated rings. The second-order valence-electron chi connectivity index (χ2n) is 5.14. The summed E-state index contributed by atoms with van der Waals surface area (Å²) in [7, 11) is 3.82. The number of likely N-dealkylation sites (N-methyl/N-ethyl adjacent to an activating group) is 1. The van der Waals surface area contributed by atoms with E-state index in [2.05, 4.69) is 0 Å². The molecule has 0 spiro atoms. The van der Waals surface area contributed by atoms with Gasteiger partial charge in [0.1, 0.15) is 11.5 Å². The minimum atomic E-state index is -0.489. The van der Waals surface area contributed by atoms with E-state index in [1.54, 1.807) is 17.9 Å². The molecule has 2 rings (SSSR count). The summed E-state index contributed by atoms with van der Waals surface area (Å²) in [5, 5.41) is 9.94. The third-order valence-electron chi connectivity index (χ3n) is 3.48. The summed E-state index contributed by atoms with van der Waals surface area (Å²) >= 11 is 0. The van der Waals surface area contributed by atoms with Crippen molar-refractivity contribution in [1.29, 1.82) is 0 Å². The van der Waals surface area contributed by atoms with Crippen LogP contribution in [-0.4, -0.2) is 60.1 Å². The molecule has 1 saturated heterocycles. The van der Waals surface area contributed by atoms with Gasteiger partial charge in [-0.05, 0) is 34.0 Å². The Morgan fingerprint density at radius 2 is 2.11 bits per heavy atom. The van der Waals surface area contributed by atoms with E-state index in [4.69, 9.17) is 4.42 Å². The maximum Gasteiger partial charge on any atom is 0.257 e. The summed E-state index contributed by atoms with van der Waals surface area (Å²) in [6.07, 6.45) is -0.489. The Labute approximate surface area is 107 Å². The summed E-state index contributed by atoms with van der Waals surface area (Å²) in [6, 6.07) is 1.76. The van der Waals surface area contributed by atoms with Gasteiger partial charge in [0.05, 0.1) is 17.7 Å². The van der Waals surface area contributed by atoms with Crippen LogP contribution in [-0.2, 0) is 0 Å². The monoisotopic (exact) mass is 252 g/mol. The number of β-amino-alcohol motifs (C(OH)–C–C–N with tert-alkyl or cyclic N) is 1. The van der Waals surface area contributed by atoms with Crippen LogP contribution in [0.4, 0.5) is 0 Å². The zero-order valence-corrected chi connectivity index (χ0v) is 11.3. The van der Waals surface area contributed by atoms with Gasteiger partial charge in [-0.1, -0.05) is 0 Å². The fourth-order valence-electron chi connectivity index (χ4n) is 2.46. The standard InChI is InChI=1S/C13H20N2O3/c1-8-5-10(9(2)18-8)13(17)15-6-11(14(3)4)12(16)7-15/h5,11-12,16H,6-7H2,1-4H3/t11-,12-/m1/s1. The number of likely N-dealkylation sites (tertiary alicyclic amines) is 1. The number of carbonyl (C=O) groups excluding carboxylic acids is 1. The number of aliphatic hydroxyl groups excluding tert-OH is 1. The van der Waals surface area contributed by atoms with Crippen LogP contribution in [0.25, 0.3) is 0 Å². The average Bonchev–Trinajstić information content (AvgIpc) is 2.81. The van der Waals surface area contributed by atoms with Gasteiger partial charge in [0, 0.05) is 13.1 Å². The molecule has 0 aliphatic carbocycles. The molecule has 1 aromatic heterocycles. The van der Waals surface area contributed by atoms with Crippen LogP contribution in [0, 0.1) is 13.8 Å². The van der Waals surface area contributed by atoms with Gasteiger partial charge in [0.15, 0.2) is 0 Å². The summed E-state index contributed by atoms with van der Waals surface area (Å²) in [5.74, 6) is 1.31. The normalized spacial score (nSPS) is 24.0. The molecule has 0 aromatic carbocycles. The van der Waals surface area contributed by atoms with Gasteiger partial charge < -0.3 is 19.3 Å². The molecule has 0 saturated carbocycles. The molecule has 1 aliphatic rings. The first-order valence-electron chi connectivity index (χ1n) is 6.11. The summed E-state index contributed by atoms with van der Waals surface area (Å²) in [5.41, 5.74) is 0.596. The lowest BCUT2D eigenvalue weighted by molar-refractivity contribution is 0.0762. The van der Waals surface area contributed by atoms with Gasteiger partial charge in [0.25, 0.3) is 5.91 Å². The maximum atomic E-state index is 12.3. The van der Waals surface area contributed by atoms with E-state index in [0.29, 0.717) is 24.4 Å². The van der Waals surface area contributed by atoms with Gasteiger partial charge in [-0.15, -0.1) is 0 Å². The van der Waals surface area contributed by atoms with E-state index >= 15 is 0 Å². The highest BCUT2D eigenvalue weighted by Gasteiger charge is 2.36. The molecule has 100 valence electrons. The molecule has 5 heteroatoms. The van der Waals surface area contributed by atoms with Crippen molar-refractivity contribution in [2.75, 3.05) is 27.2 Å². The van der Waals surface area contributed by atoms with Crippen molar-refractivity contribution in [2.24, 2.45) is 0 Å². The van der Waals surface area contributed by atoms with E-state index in [1.165, 1.54) is 0 Å². The Hall–Kier alpha value is -1.33. The van der Waals surface area contributed by atoms with E-state index < -0.39 is 6.10 Å². The number of aliphatic hydroxyl groups is 1. The first kappa shape index (κ1) is 13.1. The molecular formula is C13H20N2O3. The van der Waals surface area contributed by atoms with Gasteiger partial charge in [-0.3, -0.25) is 4.79 Å². The van der Waals surface area contributed by atoms with Crippen molar-refractivity contribution < 1.29 is 14.3 Å². The van der Waals surface area contributed by atoms with Crippen LogP contribution < -0.4 is 0 Å². The topological polar surface area (TPSA) is 56.9 Å². The van der Waals surface area contributed by atoms with Gasteiger partial charge in [-0.25, -0.2) is 0 Å². The first-order valence-corrected chi connectivity index (χ1v) is 6.11. The molecule has 2 atom stereocenters. The Kier molecular flexibility index (Phi) is 3.45. The number of amides is 1. The van der Waals surface area contributed by atoms with E-state index in [1.807, 2.05) is 25.9 Å². The SMILES string of the molecule is Cc1cc(C(=O)N2C[C@@H](O)[C@H](N(C)C)C2)c(C)o1. The first-order chi connectivity index (χ1) is 8.40. The Morgan fingerprint density at radius 1 is 1.44 bits per heavy atom. The Bertz CT molecular complexity index is 453. The third-order valence-corrected chi connectivity index (χ3v) is 3.48. The van der Waals surface area contributed by atoms with Crippen LogP contribution in [0.3, 0.4) is 0 Å². The molecule has 5 nitrogen and oxygen atoms in total. The van der Waals surface area contributed by atoms with Gasteiger partial charge in [0.2, 0.25) is 0 Å². The lowest BCUT2D eigenvalue weighted by Crippen LogP contribution is -2.38. The van der Waals surface area contributed by atoms with Gasteiger partial charge >= 0.3 is 0 Å². The number of nitrogens with zero attached hydrogens (tertiary/aromatic N) is 2. The minimum absolute atomic E-state index is 0.00209. The predicted octanol–water partition coefficient (Wildman–Crippen LogP) is 0.643. The number of carbonyl (C=O) groups is 1. The van der Waals surface area contributed by atoms with Crippen molar-refractivity contribution in [3.63, 3.8) is 0 Å². The molecule has 1 amide bonds. The second-order valence-corrected chi connectivity index (χ2v) is 5.14. The van der Waals surface area contributed by atoms with Crippen molar-refractivity contribution in [3.05, 3.63) is 23.2 Å². The van der Waals surface area contributed by atoms with Crippen LogP contribution in [0.5, 0.6) is 0 Å². The Morgan fingerprint density at radius 3 is 2.56 bits per heavy atom. The highest BCUT2D eigenvalue weighted by atomic mass is 16.3. The number of aryl methyl sites for hydroxylation is 2. The molecule has 1 aromatic rings. The second kappa shape index (κ2) is 4.74. The van der Waals surface area contributed by atoms with Crippen LogP contribution in [0.15, 0.2) is 10.5 Å². The van der Waals surface area contributed by atoms with E-state index in [0.717, 1.165) is 5.76 Å². The largest absolute Gasteiger partial charge is 0.466 e. The summed E-state index contributed by atoms with van der Waals surface area (Å²) < 4.78 is 5.38. The fraction of sp³-hybridized carbons (Fsp3) is 0.615. The van der Waals surface area contributed by atoms with E-state index in [9.17, 15) is 9.90 Å². The number of hydrogen-bond donors (Lipinski definition) is 1. The van der Waals surface area contributed by atoms with Gasteiger partial charge in [-0.2, -0.15) is 0 Å². The molecule has 0 unspecified atom stereocenters. The number of furan rings is 1. The minimum Gasteiger partial charge on any atom is -0.466 e. The molecular weight excluding hydrogens is 232 g/mol. The molecule has 1 aliphatic heterocycles. The van der Waals surface area contributed by atoms with Crippen molar-refractivity contribution in [1.82, 2.24) is 9.80 Å². The molecule has 1 N–H and O–H groups in total. The lowest BCUT2D eigenvalue weighted by atomic mass is 10.2. The van der Waals surface area contributed by atoms with Crippen LogP contribution in [0.1, 0.15) is 21.9 Å². The predicted molar refractivity (Wildman–Crippen MR) is 67.6 cm³/mol. The number of hydrogen-bond acceptors (Lipinski definition) is 4. The third kappa shape index (κ3) is 2.28. The molecule has 0 bridgehead atoms. The number of rotatable bonds is 2. The quantitative estimate of drug-likeness (QED) is 0.839. The summed E-state index contributed by atoms with van der Waals surface area (Å²) in [4.78, 5) is 16.0. The highest BCUT2D eigenvalue weighted by Crippen LogP contribution is 2.20. The maximum absolute atomic E-state index is 12.3. The summed E-state index contributed by atoms with van der Waals surface area (Å²) in [6.45, 7) is 4.55. The zero-order valence-electron chi connectivity index (χ0n) is 11.3. The smallest absolute Gasteiger partial charge is 0.257 e. The fourth-order valence-corrected chi connectivity index (χ4v) is 2.46. The van der Waals surface area contributed by atoms with Crippen molar-refractivity contribution in [2.45, 2.75) is 26.0 Å². The van der Waals surface area contributed by atoms with Crippen LogP contribution >= 0.6 is 0 Å². The average molecular weight is 252 g/mol. The molecule has 18 heavy (non-hydrogen) atoms. The van der Waals surface area contributed by atoms with E-state index in [-0.39, 0.29) is 11.9 Å².